The molecule has 10 unspecified atom stereocenters. The van der Waals surface area contributed by atoms with Gasteiger partial charge in [-0.3, -0.25) is 53.8 Å². The first kappa shape index (κ1) is 92.1. The van der Waals surface area contributed by atoms with Gasteiger partial charge in [0.05, 0.1) is 66.1 Å². The van der Waals surface area contributed by atoms with Gasteiger partial charge >= 0.3 is 30.1 Å². The summed E-state index contributed by atoms with van der Waals surface area (Å²) in [6.45, 7) is 19.1. The maximum absolute atomic E-state index is 12.5. The molecule has 0 saturated heterocycles. The number of halogens is 3. The topological polar surface area (TPSA) is 331 Å². The summed E-state index contributed by atoms with van der Waals surface area (Å²) < 4.78 is 56.5. The number of aryl methyl sites for hydroxylation is 5. The third kappa shape index (κ3) is 20.3. The number of nitrogen functional groups attached to an aromatic ring is 4. The number of ether oxygens (including phenoxy) is 4. The number of carbonyl (C=O) groups excluding carboxylic acids is 6. The van der Waals surface area contributed by atoms with Crippen molar-refractivity contribution in [1.29, 1.82) is 0 Å². The smallest absolute Gasteiger partial charge is 0.466 e. The minimum atomic E-state index is -4.95. The van der Waals surface area contributed by atoms with Gasteiger partial charge < -0.3 is 47.0 Å². The van der Waals surface area contributed by atoms with E-state index in [0.717, 1.165) is 218 Å². The lowest BCUT2D eigenvalue weighted by Crippen LogP contribution is -2.36. The maximum atomic E-state index is 12.5. The molecule has 10 atom stereocenters. The average Bonchev–Trinajstić information content (AvgIpc) is 0.599. The van der Waals surface area contributed by atoms with Crippen molar-refractivity contribution in [2.45, 2.75) is 233 Å². The van der Waals surface area contributed by atoms with Crippen LogP contribution >= 0.6 is 0 Å². The zero-order valence-corrected chi connectivity index (χ0v) is 76.7. The summed E-state index contributed by atoms with van der Waals surface area (Å²) in [5, 5.41) is 14.2. The average molecular weight is 1780 g/mol. The summed E-state index contributed by atoms with van der Waals surface area (Å²) in [4.78, 5) is 95.9. The molecule has 10 aliphatic rings. The summed E-state index contributed by atoms with van der Waals surface area (Å²) in [5.74, 6) is 0.509. The van der Waals surface area contributed by atoms with Gasteiger partial charge in [-0.05, 0) is 262 Å². The normalized spacial score (nSPS) is 21.3. The minimum Gasteiger partial charge on any atom is -0.466 e. The van der Waals surface area contributed by atoms with Crippen molar-refractivity contribution in [1.82, 2.24) is 24.9 Å². The van der Waals surface area contributed by atoms with E-state index in [-0.39, 0.29) is 60.7 Å². The molecule has 0 saturated carbocycles. The van der Waals surface area contributed by atoms with Gasteiger partial charge in [0.25, 0.3) is 0 Å². The van der Waals surface area contributed by atoms with Gasteiger partial charge in [0.2, 0.25) is 11.8 Å². The van der Waals surface area contributed by atoms with Crippen LogP contribution in [0.25, 0.3) is 54.5 Å². The standard InChI is InChI=1S/C25H28N2O4.C21H21F3N2O2.2C21H24N2O2.C19H22N2O/c1-14-5-6-21-22(9-14)26-23-13-19-10-18(7-8-31-17(4)30)11-20(12-19)24(23)25(21)27(15(2)28)16(3)29;1-11-2-3-15-16(6-11)26-17-10-13-7-12(4-5-28-20(27)21(22,23)24)8-14(9-13)18(17)19(15)25;1-12-3-4-17-18(7-12)23-19-11-15-8-14(5-6-25-13(2)24)9-16(10-15)20(19)21(17)22;1-3-25-19(24)11-14-7-13-8-15(9-14)20-18(10-13)23-17-6-12(2)4-5-16(17)21(20)22;1-11-2-3-15-16(6-11)21-17-10-13-7-12(4-5-22)8-14(9-13)18(17)19(15)20/h5-6,9-10,19-20H,7-8,11-13H2,1-4H3;2-3,6-7,13-14H,4-5,8-10H2,1H3,(H2,25,26);3-4,7-8,15-16H,5-6,9-11H2,1-2H3,(H2,22,23);4-7,13,15H,3,8-11H2,1-2H3,(H2,22,23);2-3,6-7,13-14,22H,4-5,8-10H2,1H3,(H2,20,21). The van der Waals surface area contributed by atoms with E-state index in [1.54, 1.807) is 0 Å². The van der Waals surface area contributed by atoms with Gasteiger partial charge in [0, 0.05) is 160 Å². The number of benzene rings is 5. The predicted molar refractivity (Wildman–Crippen MR) is 507 cm³/mol. The van der Waals surface area contributed by atoms with Crippen LogP contribution in [0.4, 0.5) is 41.6 Å². The highest BCUT2D eigenvalue weighted by Crippen LogP contribution is 2.54. The first-order valence-electron chi connectivity index (χ1n) is 46.4. The van der Waals surface area contributed by atoms with Gasteiger partial charge in [0.15, 0.2) is 0 Å². The maximum Gasteiger partial charge on any atom is 0.490 e. The number of carbonyl (C=O) groups is 6. The van der Waals surface area contributed by atoms with E-state index in [9.17, 15) is 47.0 Å². The van der Waals surface area contributed by atoms with Crippen LogP contribution in [0, 0.1) is 64.2 Å². The third-order valence-corrected chi connectivity index (χ3v) is 27.9. The van der Waals surface area contributed by atoms with Crippen molar-refractivity contribution in [3.05, 3.63) is 233 Å². The van der Waals surface area contributed by atoms with E-state index < -0.39 is 12.1 Å². The molecule has 0 aliphatic heterocycles. The number of allylic oxidation sites excluding steroid dienone is 5. The second kappa shape index (κ2) is 38.7. The van der Waals surface area contributed by atoms with E-state index in [1.807, 2.05) is 57.2 Å². The SMILES string of the molecule is CC(=O)OCCC1=CC2Cc3nc4cc(C)ccc4c(N(C(C)=O)C(C)=O)c3C(C1)C2.CC(=O)OCCC1=CC2Cc3nc4cc(C)ccc4c(N)c3C(C1)C2.CCOC(=O)CC1=CC2Cc3nc4cc(C)ccc4c(N)c3C(C1)C2.Cc1ccc2c(N)c3c(nc2c1)CC1C=C(CCO)CC3C1.Cc1ccc2c(N)c3c(nc2c1)CC1C=C(CCOC(=O)C(F)(F)F)CC3C1. The molecule has 5 heterocycles. The van der Waals surface area contributed by atoms with Crippen LogP contribution in [0.15, 0.2) is 149 Å². The predicted octanol–water partition coefficient (Wildman–Crippen LogP) is 20.6. The monoisotopic (exact) mass is 1780 g/mol. The summed E-state index contributed by atoms with van der Waals surface area (Å²) in [7, 11) is 0. The molecule has 5 aromatic carbocycles. The zero-order chi connectivity index (χ0) is 92.7. The number of anilines is 5. The number of imide groups is 1. The summed E-state index contributed by atoms with van der Waals surface area (Å²) in [6, 6.07) is 31.0. The third-order valence-electron chi connectivity index (χ3n) is 27.9. The Morgan fingerprint density at radius 2 is 0.656 bits per heavy atom. The lowest BCUT2D eigenvalue weighted by Gasteiger charge is -2.38. The zero-order valence-electron chi connectivity index (χ0n) is 76.7. The van der Waals surface area contributed by atoms with Crippen molar-refractivity contribution in [2.75, 3.05) is 60.9 Å². The second-order valence-electron chi connectivity index (χ2n) is 38.0. The number of aromatic nitrogens is 5. The fourth-order valence-electron chi connectivity index (χ4n) is 22.7. The number of rotatable bonds is 15. The highest BCUT2D eigenvalue weighted by molar-refractivity contribution is 6.18. The van der Waals surface area contributed by atoms with E-state index in [0.29, 0.717) is 92.6 Å². The van der Waals surface area contributed by atoms with Gasteiger partial charge in [-0.25, -0.2) is 4.79 Å². The van der Waals surface area contributed by atoms with Crippen LogP contribution in [-0.4, -0.2) is 105 Å². The van der Waals surface area contributed by atoms with Gasteiger partial charge in [-0.1, -0.05) is 119 Å². The Morgan fingerprint density at radius 1 is 0.382 bits per heavy atom. The molecular weight excluding hydrogens is 1660 g/mol. The second-order valence-corrected chi connectivity index (χ2v) is 38.0. The van der Waals surface area contributed by atoms with Gasteiger partial charge in [-0.15, -0.1) is 0 Å². The van der Waals surface area contributed by atoms with Crippen LogP contribution < -0.4 is 27.8 Å². The number of hydrogen-bond acceptors (Lipinski definition) is 20. The van der Waals surface area contributed by atoms with Crippen LogP contribution in [0.3, 0.4) is 0 Å². The Morgan fingerprint density at radius 3 is 0.954 bits per heavy atom. The van der Waals surface area contributed by atoms with E-state index in [2.05, 4.69) is 110 Å². The molecule has 10 bridgehead atoms. The van der Waals surface area contributed by atoms with Crippen molar-refractivity contribution < 1.29 is 66.0 Å². The molecule has 5 aromatic heterocycles. The molecule has 131 heavy (non-hydrogen) atoms. The highest BCUT2D eigenvalue weighted by atomic mass is 19.4. The number of hydrogen-bond donors (Lipinski definition) is 5. The fourth-order valence-corrected chi connectivity index (χ4v) is 22.7. The number of amides is 2. The van der Waals surface area contributed by atoms with Crippen LogP contribution in [0.1, 0.15) is 245 Å². The van der Waals surface area contributed by atoms with E-state index >= 15 is 0 Å². The molecule has 9 N–H and O–H groups in total. The van der Waals surface area contributed by atoms with Crippen molar-refractivity contribution >= 4 is 119 Å². The fraction of sp³-hybridized carbons (Fsp3) is 0.430. The van der Waals surface area contributed by atoms with Gasteiger partial charge in [-0.2, -0.15) is 13.2 Å². The molecule has 21 nitrogen and oxygen atoms in total. The lowest BCUT2D eigenvalue weighted by atomic mass is 9.70. The van der Waals surface area contributed by atoms with E-state index in [4.69, 9.17) is 62.1 Å². The number of esters is 4. The molecule has 0 spiro atoms. The molecule has 24 heteroatoms. The molecule has 684 valence electrons. The van der Waals surface area contributed by atoms with Gasteiger partial charge in [0.1, 0.15) is 0 Å². The number of pyridine rings is 5. The molecular formula is C107H119F3N10O11. The summed E-state index contributed by atoms with van der Waals surface area (Å²) >= 11 is 0. The summed E-state index contributed by atoms with van der Waals surface area (Å²) in [6.07, 6.45) is 23.7. The van der Waals surface area contributed by atoms with E-state index in [1.165, 1.54) is 106 Å². The lowest BCUT2D eigenvalue weighted by molar-refractivity contribution is -0.199. The van der Waals surface area contributed by atoms with Crippen LogP contribution in [0.2, 0.25) is 0 Å². The largest absolute Gasteiger partial charge is 0.490 e. The molecule has 0 fully saturated rings. The van der Waals surface area contributed by atoms with Crippen molar-refractivity contribution in [2.24, 2.45) is 29.6 Å². The van der Waals surface area contributed by atoms with Crippen molar-refractivity contribution in [3.63, 3.8) is 0 Å². The molecule has 2 amide bonds. The van der Waals surface area contributed by atoms with Crippen LogP contribution in [-0.2, 0) is 79.8 Å². The first-order chi connectivity index (χ1) is 62.7. The van der Waals surface area contributed by atoms with Crippen molar-refractivity contribution in [3.8, 4) is 0 Å². The Kier molecular flexibility index (Phi) is 27.2. The molecule has 20 rings (SSSR count). The Balaban J connectivity index is 0.000000120. The number of fused-ring (bicyclic) bond motifs is 25. The number of aliphatic hydroxyl groups excluding tert-OH is 1. The first-order valence-corrected chi connectivity index (χ1v) is 46.4. The van der Waals surface area contributed by atoms with Crippen LogP contribution in [0.5, 0.6) is 0 Å². The summed E-state index contributed by atoms with van der Waals surface area (Å²) in [5.41, 5.74) is 58.6. The Hall–Kier alpha value is -12.2. The number of aliphatic hydroxyl groups is 1. The Bertz CT molecular complexity index is 6410. The molecule has 10 aromatic rings. The highest BCUT2D eigenvalue weighted by Gasteiger charge is 2.43. The Labute approximate surface area is 762 Å². The number of alkyl halides is 3. The molecule has 10 aliphatic carbocycles. The quantitative estimate of drug-likeness (QED) is 0.0362. The molecule has 0 radical (unpaired) electrons. The minimum absolute atomic E-state index is 0.131. The number of nitrogens with zero attached hydrogens (tertiary/aromatic N) is 6. The number of nitrogens with two attached hydrogens (primary N) is 4.